The van der Waals surface area contributed by atoms with Crippen LogP contribution in [0.2, 0.25) is 0 Å². The molecule has 2 unspecified atom stereocenters. The molecule has 214 valence electrons. The van der Waals surface area contributed by atoms with Crippen molar-refractivity contribution in [3.63, 3.8) is 0 Å². The van der Waals surface area contributed by atoms with Crippen molar-refractivity contribution in [1.82, 2.24) is 9.34 Å². The molecule has 0 saturated carbocycles. The van der Waals surface area contributed by atoms with Crippen molar-refractivity contribution in [3.05, 3.63) is 0 Å². The molecule has 0 bridgehead atoms. The minimum absolute atomic E-state index is 0.00654. The van der Waals surface area contributed by atoms with Gasteiger partial charge < -0.3 is 4.52 Å². The van der Waals surface area contributed by atoms with Crippen LogP contribution in [-0.2, 0) is 4.52 Å². The number of unbranched alkanes of at least 4 members (excludes halogenated alkanes) is 7. The van der Waals surface area contributed by atoms with Gasteiger partial charge in [0, 0.05) is 24.2 Å². The van der Waals surface area contributed by atoms with E-state index in [0.29, 0.717) is 24.2 Å². The number of nitriles is 1. The summed E-state index contributed by atoms with van der Waals surface area (Å²) in [5.74, 6) is 0.820. The smallest absolute Gasteiger partial charge is 0.189 e. The fourth-order valence-electron chi connectivity index (χ4n) is 5.25. The Balaban J connectivity index is 5.09. The van der Waals surface area contributed by atoms with Crippen LogP contribution < -0.4 is 0 Å². The highest BCUT2D eigenvalue weighted by molar-refractivity contribution is 7.47. The summed E-state index contributed by atoms with van der Waals surface area (Å²) in [6.07, 6.45) is 14.9. The van der Waals surface area contributed by atoms with E-state index in [1.54, 1.807) is 0 Å². The first-order chi connectivity index (χ1) is 17.0. The van der Waals surface area contributed by atoms with Gasteiger partial charge in [-0.2, -0.15) is 5.26 Å². The fraction of sp³-hybridized carbons (Fsp3) is 0.968. The first kappa shape index (κ1) is 35.8. The standard InChI is InChI=1S/C31H64N3OP/c1-12-21-31(30(24-32)23-20-18-16-14-13-15-17-19-22-25(2)3)35-36(33(26(4)5)27(6)7)34(28(8)9)29(10)11/h25-31H,12-23H2,1-11H3. The molecule has 0 aliphatic rings. The van der Waals surface area contributed by atoms with E-state index in [0.717, 1.165) is 31.6 Å². The van der Waals surface area contributed by atoms with E-state index in [1.165, 1.54) is 51.4 Å². The first-order valence-electron chi connectivity index (χ1n) is 15.4. The van der Waals surface area contributed by atoms with E-state index >= 15 is 0 Å². The van der Waals surface area contributed by atoms with E-state index in [2.05, 4.69) is 91.6 Å². The lowest BCUT2D eigenvalue weighted by Gasteiger charge is -2.47. The maximum absolute atomic E-state index is 10.2. The molecular formula is C31H64N3OP. The molecule has 0 aliphatic heterocycles. The molecule has 0 radical (unpaired) electrons. The molecule has 0 spiro atoms. The highest BCUT2D eigenvalue weighted by Gasteiger charge is 2.37. The summed E-state index contributed by atoms with van der Waals surface area (Å²) in [6.45, 7) is 25.1. The average molecular weight is 526 g/mol. The third kappa shape index (κ3) is 14.7. The maximum atomic E-state index is 10.2. The summed E-state index contributed by atoms with van der Waals surface area (Å²) in [6, 6.07) is 4.24. The minimum Gasteiger partial charge on any atom is -0.327 e. The molecule has 4 nitrogen and oxygen atoms in total. The molecule has 0 aliphatic carbocycles. The third-order valence-corrected chi connectivity index (χ3v) is 10.1. The van der Waals surface area contributed by atoms with Crippen LogP contribution in [0.3, 0.4) is 0 Å². The Bertz CT molecular complexity index is 523. The summed E-state index contributed by atoms with van der Waals surface area (Å²) in [4.78, 5) is 0. The molecule has 0 amide bonds. The Morgan fingerprint density at radius 3 is 1.33 bits per heavy atom. The van der Waals surface area contributed by atoms with Gasteiger partial charge in [-0.25, -0.2) is 9.34 Å². The van der Waals surface area contributed by atoms with Crippen LogP contribution in [0.25, 0.3) is 0 Å². The second-order valence-electron chi connectivity index (χ2n) is 12.4. The third-order valence-electron chi connectivity index (χ3n) is 6.98. The zero-order valence-electron chi connectivity index (χ0n) is 26.2. The van der Waals surface area contributed by atoms with Gasteiger partial charge in [0.2, 0.25) is 0 Å². The van der Waals surface area contributed by atoms with Gasteiger partial charge >= 0.3 is 0 Å². The number of nitrogens with zero attached hydrogens (tertiary/aromatic N) is 3. The number of rotatable bonds is 22. The molecule has 0 aromatic heterocycles. The molecule has 5 heteroatoms. The van der Waals surface area contributed by atoms with Gasteiger partial charge in [0.25, 0.3) is 0 Å². The van der Waals surface area contributed by atoms with Crippen molar-refractivity contribution < 1.29 is 4.52 Å². The maximum Gasteiger partial charge on any atom is 0.189 e. The SMILES string of the molecule is CCCC(OP(N(C(C)C)C(C)C)N(C(C)C)C(C)C)C(C#N)CCCCCCCCCCC(C)C. The Labute approximate surface area is 228 Å². The van der Waals surface area contributed by atoms with Gasteiger partial charge in [-0.3, -0.25) is 0 Å². The van der Waals surface area contributed by atoms with E-state index < -0.39 is 8.45 Å². The summed E-state index contributed by atoms with van der Waals surface area (Å²) in [5.41, 5.74) is 0. The summed E-state index contributed by atoms with van der Waals surface area (Å²) in [5, 5.41) is 10.2. The van der Waals surface area contributed by atoms with E-state index in [4.69, 9.17) is 4.52 Å². The van der Waals surface area contributed by atoms with E-state index in [-0.39, 0.29) is 12.0 Å². The molecule has 0 aromatic rings. The quantitative estimate of drug-likeness (QED) is 0.104. The summed E-state index contributed by atoms with van der Waals surface area (Å²) >= 11 is 0. The minimum atomic E-state index is -0.955. The van der Waals surface area contributed by atoms with Crippen LogP contribution in [0.1, 0.15) is 153 Å². The fourth-order valence-corrected chi connectivity index (χ4v) is 7.79. The molecule has 0 N–H and O–H groups in total. The first-order valence-corrected chi connectivity index (χ1v) is 16.6. The highest BCUT2D eigenvalue weighted by Crippen LogP contribution is 2.52. The Morgan fingerprint density at radius 1 is 0.611 bits per heavy atom. The molecule has 0 saturated heterocycles. The van der Waals surface area contributed by atoms with Crippen molar-refractivity contribution in [2.45, 2.75) is 183 Å². The average Bonchev–Trinajstić information content (AvgIpc) is 2.76. The van der Waals surface area contributed by atoms with Crippen LogP contribution in [-0.4, -0.2) is 39.6 Å². The molecule has 0 fully saturated rings. The van der Waals surface area contributed by atoms with Crippen LogP contribution in [0.5, 0.6) is 0 Å². The van der Waals surface area contributed by atoms with Gasteiger partial charge in [0.05, 0.1) is 18.1 Å². The summed E-state index contributed by atoms with van der Waals surface area (Å²) < 4.78 is 12.2. The van der Waals surface area contributed by atoms with Crippen molar-refractivity contribution in [2.75, 3.05) is 0 Å². The lowest BCUT2D eigenvalue weighted by molar-refractivity contribution is 0.108. The highest BCUT2D eigenvalue weighted by atomic mass is 31.2. The van der Waals surface area contributed by atoms with Crippen LogP contribution in [0.4, 0.5) is 0 Å². The Hall–Kier alpha value is -0.200. The van der Waals surface area contributed by atoms with Gasteiger partial charge in [0.15, 0.2) is 8.45 Å². The van der Waals surface area contributed by atoms with Gasteiger partial charge in [0.1, 0.15) is 0 Å². The van der Waals surface area contributed by atoms with Crippen LogP contribution in [0, 0.1) is 23.2 Å². The topological polar surface area (TPSA) is 39.5 Å². The number of hydrogen-bond donors (Lipinski definition) is 0. The van der Waals surface area contributed by atoms with Gasteiger partial charge in [-0.05, 0) is 74.1 Å². The van der Waals surface area contributed by atoms with Gasteiger partial charge in [-0.1, -0.05) is 85.0 Å². The monoisotopic (exact) mass is 525 g/mol. The second-order valence-corrected chi connectivity index (χ2v) is 14.0. The lowest BCUT2D eigenvalue weighted by Crippen LogP contribution is -2.44. The van der Waals surface area contributed by atoms with Crippen molar-refractivity contribution in [2.24, 2.45) is 11.8 Å². The molecule has 0 heterocycles. The van der Waals surface area contributed by atoms with Crippen LogP contribution in [0.15, 0.2) is 0 Å². The normalized spacial score (nSPS) is 14.4. The predicted octanol–water partition coefficient (Wildman–Crippen LogP) is 10.3. The zero-order chi connectivity index (χ0) is 27.7. The zero-order valence-corrected chi connectivity index (χ0v) is 27.1. The molecular weight excluding hydrogens is 461 g/mol. The van der Waals surface area contributed by atoms with Gasteiger partial charge in [-0.15, -0.1) is 0 Å². The largest absolute Gasteiger partial charge is 0.327 e. The van der Waals surface area contributed by atoms with E-state index in [9.17, 15) is 5.26 Å². The van der Waals surface area contributed by atoms with Crippen molar-refractivity contribution in [3.8, 4) is 6.07 Å². The molecule has 2 atom stereocenters. The second kappa shape index (κ2) is 20.7. The Kier molecular flexibility index (Phi) is 20.6. The Morgan fingerprint density at radius 2 is 1.00 bits per heavy atom. The number of hydrogen-bond acceptors (Lipinski definition) is 4. The molecule has 0 aromatic carbocycles. The molecule has 0 rings (SSSR count). The van der Waals surface area contributed by atoms with Crippen molar-refractivity contribution >= 4 is 8.45 Å². The summed E-state index contributed by atoms with van der Waals surface area (Å²) in [7, 11) is -0.955. The lowest BCUT2D eigenvalue weighted by atomic mass is 9.93. The van der Waals surface area contributed by atoms with E-state index in [1.807, 2.05) is 0 Å². The molecule has 36 heavy (non-hydrogen) atoms. The van der Waals surface area contributed by atoms with Crippen molar-refractivity contribution in [1.29, 1.82) is 5.26 Å². The van der Waals surface area contributed by atoms with Crippen LogP contribution >= 0.6 is 8.45 Å². The predicted molar refractivity (Wildman–Crippen MR) is 161 cm³/mol.